The van der Waals surface area contributed by atoms with Gasteiger partial charge in [-0.25, -0.2) is 9.13 Å². The summed E-state index contributed by atoms with van der Waals surface area (Å²) in [7, 11) is -9.90. The minimum atomic E-state index is -4.95. The molecule has 3 N–H and O–H groups in total. The minimum Gasteiger partial charge on any atom is -0.462 e. The Kier molecular flexibility index (Phi) is 62.7. The van der Waals surface area contributed by atoms with Gasteiger partial charge in [-0.1, -0.05) is 318 Å². The van der Waals surface area contributed by atoms with Crippen molar-refractivity contribution in [2.45, 2.75) is 387 Å². The summed E-state index contributed by atoms with van der Waals surface area (Å²) in [6.07, 6.45) is 49.8. The Hall–Kier alpha value is -1.94. The summed E-state index contributed by atoms with van der Waals surface area (Å²) in [6.45, 7) is 9.58. The molecule has 540 valence electrons. The van der Waals surface area contributed by atoms with Crippen LogP contribution in [0.15, 0.2) is 0 Å². The van der Waals surface area contributed by atoms with Crippen molar-refractivity contribution < 1.29 is 80.2 Å². The number of hydrogen-bond acceptors (Lipinski definition) is 15. The Balaban J connectivity index is 5.22. The summed E-state index contributed by atoms with van der Waals surface area (Å²) in [5.74, 6) is -0.541. The van der Waals surface area contributed by atoms with Crippen molar-refractivity contribution in [3.05, 3.63) is 0 Å². The maximum atomic E-state index is 13.0. The molecule has 0 aromatic heterocycles. The molecule has 6 atom stereocenters. The molecule has 0 aliphatic heterocycles. The quantitative estimate of drug-likeness (QED) is 0.0222. The van der Waals surface area contributed by atoms with Crippen molar-refractivity contribution >= 4 is 39.5 Å². The van der Waals surface area contributed by atoms with Gasteiger partial charge in [0.1, 0.15) is 19.3 Å². The monoisotopic (exact) mass is 1340 g/mol. The molecule has 91 heavy (non-hydrogen) atoms. The maximum Gasteiger partial charge on any atom is 0.472 e. The summed E-state index contributed by atoms with van der Waals surface area (Å²) in [6, 6.07) is 0. The summed E-state index contributed by atoms with van der Waals surface area (Å²) in [5, 5.41) is 10.6. The van der Waals surface area contributed by atoms with Gasteiger partial charge in [-0.2, -0.15) is 0 Å². The zero-order valence-electron chi connectivity index (χ0n) is 59.1. The van der Waals surface area contributed by atoms with Crippen LogP contribution in [0.5, 0.6) is 0 Å². The van der Waals surface area contributed by atoms with E-state index in [1.165, 1.54) is 186 Å². The number of carbonyl (C=O) groups is 4. The van der Waals surface area contributed by atoms with Gasteiger partial charge < -0.3 is 33.8 Å². The molecule has 0 fully saturated rings. The molecule has 0 aliphatic carbocycles. The van der Waals surface area contributed by atoms with E-state index in [2.05, 4.69) is 41.5 Å². The predicted molar refractivity (Wildman–Crippen MR) is 368 cm³/mol. The molecule has 0 aliphatic rings. The molecule has 0 aromatic rings. The second-order valence-electron chi connectivity index (χ2n) is 26.7. The molecule has 0 heterocycles. The third-order valence-corrected chi connectivity index (χ3v) is 19.0. The fraction of sp³-hybridized carbons (Fsp3) is 0.944. The van der Waals surface area contributed by atoms with Crippen molar-refractivity contribution in [3.63, 3.8) is 0 Å². The van der Waals surface area contributed by atoms with Gasteiger partial charge in [0.15, 0.2) is 12.2 Å². The second kappa shape index (κ2) is 64.1. The first-order valence-electron chi connectivity index (χ1n) is 37.5. The van der Waals surface area contributed by atoms with Crippen LogP contribution in [0.1, 0.15) is 369 Å². The van der Waals surface area contributed by atoms with Gasteiger partial charge in [-0.05, 0) is 37.5 Å². The van der Waals surface area contributed by atoms with E-state index in [1.807, 2.05) is 0 Å². The lowest BCUT2D eigenvalue weighted by Gasteiger charge is -2.21. The molecule has 0 aromatic carbocycles. The maximum absolute atomic E-state index is 13.0. The fourth-order valence-corrected chi connectivity index (χ4v) is 12.5. The number of rotatable bonds is 71. The Morgan fingerprint density at radius 2 is 0.560 bits per heavy atom. The molecule has 0 amide bonds. The van der Waals surface area contributed by atoms with Gasteiger partial charge >= 0.3 is 39.5 Å². The fourth-order valence-electron chi connectivity index (χ4n) is 10.9. The lowest BCUT2D eigenvalue weighted by atomic mass is 9.99. The highest BCUT2D eigenvalue weighted by atomic mass is 31.2. The Morgan fingerprint density at radius 3 is 0.835 bits per heavy atom. The molecule has 0 bridgehead atoms. The predicted octanol–water partition coefficient (Wildman–Crippen LogP) is 20.8. The first kappa shape index (κ1) is 89.1. The first-order valence-corrected chi connectivity index (χ1v) is 40.5. The van der Waals surface area contributed by atoms with Crippen LogP contribution in [0.2, 0.25) is 0 Å². The van der Waals surface area contributed by atoms with Crippen LogP contribution in [0.3, 0.4) is 0 Å². The lowest BCUT2D eigenvalue weighted by molar-refractivity contribution is -0.161. The van der Waals surface area contributed by atoms with Gasteiger partial charge in [0, 0.05) is 25.7 Å². The zero-order valence-corrected chi connectivity index (χ0v) is 60.9. The molecule has 0 spiro atoms. The number of ether oxygens (including phenoxy) is 4. The van der Waals surface area contributed by atoms with E-state index in [0.29, 0.717) is 25.7 Å². The van der Waals surface area contributed by atoms with Gasteiger partial charge in [0.2, 0.25) is 0 Å². The van der Waals surface area contributed by atoms with Crippen molar-refractivity contribution in [3.8, 4) is 0 Å². The number of aliphatic hydroxyl groups excluding tert-OH is 1. The van der Waals surface area contributed by atoms with Crippen molar-refractivity contribution in [2.24, 2.45) is 11.8 Å². The van der Waals surface area contributed by atoms with Gasteiger partial charge in [0.25, 0.3) is 0 Å². The van der Waals surface area contributed by atoms with Gasteiger partial charge in [-0.3, -0.25) is 37.3 Å². The standard InChI is InChI=1S/C72H140O17P2/c1-7-10-12-14-16-18-19-26-30-38-44-50-56-71(76)88-67(60-82-69(74)54-48-42-36-28-17-15-13-11-8-2)62-86-90(78,79)84-58-66(73)59-85-91(80,81)87-63-68(61-83-70(75)55-49-43-37-33-32-35-41-47-53-65(6)9-3)89-72(77)57-51-45-39-31-27-24-22-20-21-23-25-29-34-40-46-52-64(4)5/h64-68,73H,7-63H2,1-6H3,(H,78,79)(H,80,81)/t65?,66-,67+,68+/m0/s1. The normalized spacial score (nSPS) is 14.4. The molecule has 17 nitrogen and oxygen atoms in total. The van der Waals surface area contributed by atoms with Gasteiger partial charge in [0.05, 0.1) is 26.4 Å². The number of unbranched alkanes of at least 4 members (excludes halogenated alkanes) is 40. The highest BCUT2D eigenvalue weighted by molar-refractivity contribution is 7.47. The largest absolute Gasteiger partial charge is 0.472 e. The topological polar surface area (TPSA) is 237 Å². The van der Waals surface area contributed by atoms with Crippen LogP contribution in [-0.4, -0.2) is 96.7 Å². The molecule has 0 radical (unpaired) electrons. The highest BCUT2D eigenvalue weighted by Gasteiger charge is 2.30. The van der Waals surface area contributed by atoms with E-state index in [0.717, 1.165) is 102 Å². The van der Waals surface area contributed by atoms with E-state index < -0.39 is 97.5 Å². The minimum absolute atomic E-state index is 0.107. The zero-order chi connectivity index (χ0) is 67.2. The van der Waals surface area contributed by atoms with Crippen LogP contribution in [-0.2, 0) is 65.4 Å². The summed E-state index contributed by atoms with van der Waals surface area (Å²) in [4.78, 5) is 72.6. The third-order valence-electron chi connectivity index (χ3n) is 17.1. The van der Waals surface area contributed by atoms with E-state index in [9.17, 15) is 43.2 Å². The molecule has 0 rings (SSSR count). The van der Waals surface area contributed by atoms with Crippen LogP contribution in [0.4, 0.5) is 0 Å². The Morgan fingerprint density at radius 1 is 0.319 bits per heavy atom. The average Bonchev–Trinajstić information content (AvgIpc) is 3.67. The number of hydrogen-bond donors (Lipinski definition) is 3. The Bertz CT molecular complexity index is 1770. The number of carbonyl (C=O) groups excluding carboxylic acids is 4. The third kappa shape index (κ3) is 65.1. The van der Waals surface area contributed by atoms with Crippen LogP contribution in [0.25, 0.3) is 0 Å². The van der Waals surface area contributed by atoms with Gasteiger partial charge in [-0.15, -0.1) is 0 Å². The van der Waals surface area contributed by atoms with Crippen LogP contribution in [0, 0.1) is 11.8 Å². The van der Waals surface area contributed by atoms with E-state index in [4.69, 9.17) is 37.0 Å². The number of phosphoric ester groups is 2. The van der Waals surface area contributed by atoms with E-state index in [-0.39, 0.29) is 25.7 Å². The second-order valence-corrected chi connectivity index (χ2v) is 29.6. The van der Waals surface area contributed by atoms with Crippen molar-refractivity contribution in [1.29, 1.82) is 0 Å². The summed E-state index contributed by atoms with van der Waals surface area (Å²) in [5.41, 5.74) is 0. The van der Waals surface area contributed by atoms with Crippen molar-refractivity contribution in [1.82, 2.24) is 0 Å². The summed E-state index contributed by atoms with van der Waals surface area (Å²) < 4.78 is 68.3. The summed E-state index contributed by atoms with van der Waals surface area (Å²) >= 11 is 0. The Labute approximate surface area is 556 Å². The molecule has 0 saturated carbocycles. The highest BCUT2D eigenvalue weighted by Crippen LogP contribution is 2.45. The first-order chi connectivity index (χ1) is 43.9. The van der Waals surface area contributed by atoms with Crippen LogP contribution < -0.4 is 0 Å². The van der Waals surface area contributed by atoms with E-state index >= 15 is 0 Å². The average molecular weight is 1340 g/mol. The van der Waals surface area contributed by atoms with E-state index in [1.54, 1.807) is 0 Å². The lowest BCUT2D eigenvalue weighted by Crippen LogP contribution is -2.30. The SMILES string of the molecule is CCCCCCCCCCCCCCC(=O)O[C@H](COC(=O)CCCCCCCCCCC)COP(=O)(O)OC[C@H](O)COP(=O)(O)OC[C@@H](COC(=O)CCCCCCCCCCC(C)CC)OC(=O)CCCCCCCCCCCCCCCCCC(C)C. The molecule has 19 heteroatoms. The van der Waals surface area contributed by atoms with Crippen molar-refractivity contribution in [2.75, 3.05) is 39.6 Å². The molecular formula is C72H140O17P2. The smallest absolute Gasteiger partial charge is 0.462 e. The molecule has 0 saturated heterocycles. The number of esters is 4. The number of phosphoric acid groups is 2. The number of aliphatic hydroxyl groups is 1. The molecule has 3 unspecified atom stereocenters. The van der Waals surface area contributed by atoms with Crippen LogP contribution >= 0.6 is 15.6 Å². The molecular weight excluding hydrogens is 1200 g/mol.